The molecule has 0 saturated carbocycles. The van der Waals surface area contributed by atoms with Crippen LogP contribution in [0.5, 0.6) is 0 Å². The number of rotatable bonds is 3. The molecule has 3 aromatic rings. The Bertz CT molecular complexity index is 1050. The highest BCUT2D eigenvalue weighted by molar-refractivity contribution is 5.95. The van der Waals surface area contributed by atoms with Gasteiger partial charge in [-0.1, -0.05) is 18.2 Å². The van der Waals surface area contributed by atoms with Crippen LogP contribution in [0.3, 0.4) is 0 Å². The summed E-state index contributed by atoms with van der Waals surface area (Å²) in [5, 5.41) is 4.56. The molecular formula is C23H29N5O2. The molecule has 7 nitrogen and oxygen atoms in total. The first-order valence-electron chi connectivity index (χ1n) is 10.4. The van der Waals surface area contributed by atoms with Gasteiger partial charge in [0.05, 0.1) is 5.69 Å². The average molecular weight is 408 g/mol. The van der Waals surface area contributed by atoms with Crippen molar-refractivity contribution < 1.29 is 9.53 Å². The van der Waals surface area contributed by atoms with Gasteiger partial charge >= 0.3 is 6.09 Å². The van der Waals surface area contributed by atoms with Gasteiger partial charge in [-0.3, -0.25) is 0 Å². The van der Waals surface area contributed by atoms with E-state index in [1.165, 1.54) is 0 Å². The van der Waals surface area contributed by atoms with Gasteiger partial charge in [0.25, 0.3) is 0 Å². The number of likely N-dealkylation sites (tertiary alicyclic amines) is 1. The van der Waals surface area contributed by atoms with E-state index in [1.54, 1.807) is 4.90 Å². The Balaban J connectivity index is 1.51. The number of hydrogen-bond donors (Lipinski definition) is 2. The Hall–Kier alpha value is -3.09. The van der Waals surface area contributed by atoms with Gasteiger partial charge < -0.3 is 19.9 Å². The second-order valence-corrected chi connectivity index (χ2v) is 8.88. The lowest BCUT2D eigenvalue weighted by Gasteiger charge is -2.34. The van der Waals surface area contributed by atoms with Crippen LogP contribution < -0.4 is 5.32 Å². The highest BCUT2D eigenvalue weighted by atomic mass is 16.6. The first-order valence-corrected chi connectivity index (χ1v) is 10.4. The number of aromatic amines is 1. The smallest absolute Gasteiger partial charge is 0.410 e. The Morgan fingerprint density at radius 3 is 2.90 bits per heavy atom. The number of fused-ring (bicyclic) bond motifs is 1. The molecular weight excluding hydrogens is 378 g/mol. The Kier molecular flexibility index (Phi) is 5.37. The summed E-state index contributed by atoms with van der Waals surface area (Å²) < 4.78 is 5.52. The maximum absolute atomic E-state index is 12.4. The number of amides is 1. The summed E-state index contributed by atoms with van der Waals surface area (Å²) in [6.07, 6.45) is 5.45. The zero-order valence-corrected chi connectivity index (χ0v) is 18.0. The summed E-state index contributed by atoms with van der Waals surface area (Å²) in [6.45, 7) is 8.97. The van der Waals surface area contributed by atoms with Crippen molar-refractivity contribution >= 4 is 22.9 Å². The number of H-pyrrole nitrogens is 1. The molecule has 0 aliphatic carbocycles. The fraction of sp³-hybridized carbons (Fsp3) is 0.435. The molecule has 7 heteroatoms. The predicted octanol–water partition coefficient (Wildman–Crippen LogP) is 4.74. The molecule has 4 rings (SSSR count). The van der Waals surface area contributed by atoms with E-state index in [4.69, 9.17) is 9.72 Å². The number of benzene rings is 1. The van der Waals surface area contributed by atoms with Crippen LogP contribution in [-0.4, -0.2) is 50.7 Å². The number of hydrogen-bond acceptors (Lipinski definition) is 5. The van der Waals surface area contributed by atoms with E-state index in [0.29, 0.717) is 19.0 Å². The number of aromatic nitrogens is 3. The number of nitrogens with one attached hydrogen (secondary N) is 2. The van der Waals surface area contributed by atoms with Crippen molar-refractivity contribution in [1.29, 1.82) is 0 Å². The number of aryl methyl sites for hydroxylation is 1. The molecule has 1 aliphatic rings. The van der Waals surface area contributed by atoms with Crippen LogP contribution in [0.1, 0.15) is 39.2 Å². The molecule has 0 bridgehead atoms. The van der Waals surface area contributed by atoms with Gasteiger partial charge in [-0.2, -0.15) is 0 Å². The third kappa shape index (κ3) is 4.40. The van der Waals surface area contributed by atoms with Crippen molar-refractivity contribution in [2.45, 2.75) is 52.2 Å². The number of carbonyl (C=O) groups excluding carboxylic acids is 1. The van der Waals surface area contributed by atoms with Crippen LogP contribution in [-0.2, 0) is 4.74 Å². The number of ether oxygens (including phenoxy) is 1. The fourth-order valence-corrected chi connectivity index (χ4v) is 3.82. The van der Waals surface area contributed by atoms with Crippen molar-refractivity contribution in [2.24, 2.45) is 0 Å². The highest BCUT2D eigenvalue weighted by Gasteiger charge is 2.28. The van der Waals surface area contributed by atoms with Gasteiger partial charge in [0.15, 0.2) is 0 Å². The second kappa shape index (κ2) is 7.97. The quantitative estimate of drug-likeness (QED) is 0.655. The summed E-state index contributed by atoms with van der Waals surface area (Å²) in [4.78, 5) is 26.8. The molecule has 0 unspecified atom stereocenters. The molecule has 1 atom stereocenters. The van der Waals surface area contributed by atoms with Gasteiger partial charge in [0.1, 0.15) is 5.60 Å². The Morgan fingerprint density at radius 2 is 2.10 bits per heavy atom. The first kappa shape index (κ1) is 20.2. The van der Waals surface area contributed by atoms with Gasteiger partial charge in [-0.15, -0.1) is 0 Å². The lowest BCUT2D eigenvalue weighted by atomic mass is 10.1. The zero-order chi connectivity index (χ0) is 21.3. The monoisotopic (exact) mass is 407 g/mol. The minimum absolute atomic E-state index is 0.0878. The lowest BCUT2D eigenvalue weighted by molar-refractivity contribution is 0.0206. The van der Waals surface area contributed by atoms with Gasteiger partial charge in [-0.05, 0) is 52.2 Å². The maximum atomic E-state index is 12.4. The van der Waals surface area contributed by atoms with E-state index < -0.39 is 5.60 Å². The molecule has 30 heavy (non-hydrogen) atoms. The lowest BCUT2D eigenvalue weighted by Crippen LogP contribution is -2.47. The highest BCUT2D eigenvalue weighted by Crippen LogP contribution is 2.30. The molecule has 158 valence electrons. The molecule has 1 aromatic carbocycles. The fourth-order valence-electron chi connectivity index (χ4n) is 3.82. The number of para-hydroxylation sites is 1. The number of piperidine rings is 1. The van der Waals surface area contributed by atoms with Gasteiger partial charge in [0, 0.05) is 48.0 Å². The van der Waals surface area contributed by atoms with Crippen LogP contribution in [0.2, 0.25) is 0 Å². The summed E-state index contributed by atoms with van der Waals surface area (Å²) in [6, 6.07) is 8.28. The summed E-state index contributed by atoms with van der Waals surface area (Å²) in [7, 11) is 0. The van der Waals surface area contributed by atoms with Crippen molar-refractivity contribution in [3.05, 3.63) is 42.2 Å². The number of nitrogens with zero attached hydrogens (tertiary/aromatic N) is 3. The molecule has 2 aromatic heterocycles. The minimum atomic E-state index is -0.494. The van der Waals surface area contributed by atoms with Crippen LogP contribution in [0.15, 0.2) is 36.7 Å². The van der Waals surface area contributed by atoms with Crippen LogP contribution in [0, 0.1) is 6.92 Å². The van der Waals surface area contributed by atoms with E-state index in [1.807, 2.05) is 52.2 Å². The topological polar surface area (TPSA) is 83.1 Å². The third-order valence-electron chi connectivity index (χ3n) is 5.22. The van der Waals surface area contributed by atoms with Crippen LogP contribution >= 0.6 is 0 Å². The van der Waals surface area contributed by atoms with Gasteiger partial charge in [0.2, 0.25) is 5.95 Å². The Labute approximate surface area is 176 Å². The predicted molar refractivity (Wildman–Crippen MR) is 119 cm³/mol. The van der Waals surface area contributed by atoms with Crippen LogP contribution in [0.25, 0.3) is 22.2 Å². The molecule has 1 fully saturated rings. The number of carbonyl (C=O) groups is 1. The molecule has 2 N–H and O–H groups in total. The normalized spacial score (nSPS) is 17.2. The standard InChI is InChI=1S/C23H29N5O2/c1-15-12-25-21(27-20(15)18-13-24-19-10-6-5-9-17(18)19)26-16-8-7-11-28(14-16)22(29)30-23(2,3)4/h5-6,9-10,12-13,16,24H,7-8,11,14H2,1-4H3,(H,25,26,27)/t16-/m0/s1. The van der Waals surface area contributed by atoms with Crippen molar-refractivity contribution in [3.8, 4) is 11.3 Å². The van der Waals surface area contributed by atoms with E-state index in [9.17, 15) is 4.79 Å². The SMILES string of the molecule is Cc1cnc(N[C@H]2CCCN(C(=O)OC(C)(C)C)C2)nc1-c1c[nH]c2ccccc12. The molecule has 1 aliphatic heterocycles. The van der Waals surface area contributed by atoms with Crippen molar-refractivity contribution in [3.63, 3.8) is 0 Å². The van der Waals surface area contributed by atoms with Crippen molar-refractivity contribution in [2.75, 3.05) is 18.4 Å². The average Bonchev–Trinajstić information content (AvgIpc) is 3.12. The molecule has 0 radical (unpaired) electrons. The van der Waals surface area contributed by atoms with E-state index >= 15 is 0 Å². The summed E-state index contributed by atoms with van der Waals surface area (Å²) >= 11 is 0. The van der Waals surface area contributed by atoms with Crippen molar-refractivity contribution in [1.82, 2.24) is 19.9 Å². The van der Waals surface area contributed by atoms with Gasteiger partial charge in [-0.25, -0.2) is 14.8 Å². The van der Waals surface area contributed by atoms with E-state index in [0.717, 1.165) is 40.6 Å². The summed E-state index contributed by atoms with van der Waals surface area (Å²) in [5.41, 5.74) is 3.58. The molecule has 0 spiro atoms. The zero-order valence-electron chi connectivity index (χ0n) is 18.0. The first-order chi connectivity index (χ1) is 14.3. The molecule has 3 heterocycles. The second-order valence-electron chi connectivity index (χ2n) is 8.88. The molecule has 1 amide bonds. The Morgan fingerprint density at radius 1 is 1.30 bits per heavy atom. The maximum Gasteiger partial charge on any atom is 0.410 e. The van der Waals surface area contributed by atoms with Crippen LogP contribution in [0.4, 0.5) is 10.7 Å². The largest absolute Gasteiger partial charge is 0.444 e. The number of anilines is 1. The summed E-state index contributed by atoms with van der Waals surface area (Å²) in [5.74, 6) is 0.580. The third-order valence-corrected chi connectivity index (χ3v) is 5.22. The molecule has 1 saturated heterocycles. The minimum Gasteiger partial charge on any atom is -0.444 e. The van der Waals surface area contributed by atoms with E-state index in [-0.39, 0.29) is 12.1 Å². The van der Waals surface area contributed by atoms with E-state index in [2.05, 4.69) is 27.4 Å².